The summed E-state index contributed by atoms with van der Waals surface area (Å²) < 4.78 is 5.78. The highest BCUT2D eigenvalue weighted by atomic mass is 16.5. The lowest BCUT2D eigenvalue weighted by atomic mass is 10.1. The maximum Gasteiger partial charge on any atom is 0.231 e. The van der Waals surface area contributed by atoms with Crippen molar-refractivity contribution < 1.29 is 9.53 Å². The first-order chi connectivity index (χ1) is 10.7. The van der Waals surface area contributed by atoms with Crippen LogP contribution >= 0.6 is 0 Å². The van der Waals surface area contributed by atoms with E-state index in [-0.39, 0.29) is 12.5 Å². The standard InChI is InChI=1S/C18H20N2O2/c19-18(21)11-20-17-10-16(17)14-6-8-15(9-7-14)22-12-13-4-2-1-3-5-13/h1-9,16-17,20H,10-12H2,(H2,19,21). The Hall–Kier alpha value is -2.33. The van der Waals surface area contributed by atoms with E-state index in [0.29, 0.717) is 18.6 Å². The zero-order chi connectivity index (χ0) is 15.4. The average molecular weight is 296 g/mol. The maximum atomic E-state index is 10.8. The second-order valence-electron chi connectivity index (χ2n) is 5.64. The molecule has 4 nitrogen and oxygen atoms in total. The Labute approximate surface area is 130 Å². The lowest BCUT2D eigenvalue weighted by molar-refractivity contribution is -0.117. The fourth-order valence-corrected chi connectivity index (χ4v) is 2.57. The Kier molecular flexibility index (Phi) is 4.39. The molecule has 0 saturated heterocycles. The molecule has 2 atom stereocenters. The molecular formula is C18H20N2O2. The van der Waals surface area contributed by atoms with Crippen LogP contribution in [-0.4, -0.2) is 18.5 Å². The second kappa shape index (κ2) is 6.62. The highest BCUT2D eigenvalue weighted by molar-refractivity contribution is 5.76. The van der Waals surface area contributed by atoms with Crippen molar-refractivity contribution >= 4 is 5.91 Å². The highest BCUT2D eigenvalue weighted by Gasteiger charge is 2.37. The van der Waals surface area contributed by atoms with Crippen LogP contribution in [0.25, 0.3) is 0 Å². The van der Waals surface area contributed by atoms with Gasteiger partial charge in [0.25, 0.3) is 0 Å². The van der Waals surface area contributed by atoms with Gasteiger partial charge in [-0.3, -0.25) is 4.79 Å². The molecule has 0 aromatic heterocycles. The Balaban J connectivity index is 1.50. The number of carbonyl (C=O) groups is 1. The molecule has 0 spiro atoms. The fraction of sp³-hybridized carbons (Fsp3) is 0.278. The van der Waals surface area contributed by atoms with Gasteiger partial charge in [0.15, 0.2) is 0 Å². The van der Waals surface area contributed by atoms with Crippen LogP contribution in [-0.2, 0) is 11.4 Å². The minimum absolute atomic E-state index is 0.249. The van der Waals surface area contributed by atoms with Crippen LogP contribution in [0.5, 0.6) is 5.75 Å². The molecule has 2 aromatic rings. The minimum atomic E-state index is -0.310. The third-order valence-corrected chi connectivity index (χ3v) is 3.89. The Morgan fingerprint density at radius 3 is 2.55 bits per heavy atom. The van der Waals surface area contributed by atoms with Crippen LogP contribution in [0, 0.1) is 0 Å². The Morgan fingerprint density at radius 2 is 1.86 bits per heavy atom. The molecular weight excluding hydrogens is 276 g/mol. The van der Waals surface area contributed by atoms with Gasteiger partial charge in [-0.1, -0.05) is 42.5 Å². The molecule has 114 valence electrons. The summed E-state index contributed by atoms with van der Waals surface area (Å²) in [4.78, 5) is 10.8. The van der Waals surface area contributed by atoms with E-state index >= 15 is 0 Å². The number of hydrogen-bond acceptors (Lipinski definition) is 3. The number of carbonyl (C=O) groups excluding carboxylic acids is 1. The third-order valence-electron chi connectivity index (χ3n) is 3.89. The molecule has 0 bridgehead atoms. The summed E-state index contributed by atoms with van der Waals surface area (Å²) >= 11 is 0. The summed E-state index contributed by atoms with van der Waals surface area (Å²) in [6, 6.07) is 18.7. The average Bonchev–Trinajstić information content (AvgIpc) is 3.32. The van der Waals surface area contributed by atoms with Gasteiger partial charge in [-0.15, -0.1) is 0 Å². The topological polar surface area (TPSA) is 64.4 Å². The fourth-order valence-electron chi connectivity index (χ4n) is 2.57. The van der Waals surface area contributed by atoms with Gasteiger partial charge >= 0.3 is 0 Å². The van der Waals surface area contributed by atoms with Crippen molar-refractivity contribution in [2.75, 3.05) is 6.54 Å². The molecule has 3 N–H and O–H groups in total. The smallest absolute Gasteiger partial charge is 0.231 e. The molecule has 1 fully saturated rings. The summed E-state index contributed by atoms with van der Waals surface area (Å²) in [6.07, 6.45) is 1.05. The molecule has 0 heterocycles. The largest absolute Gasteiger partial charge is 0.489 e. The molecule has 2 aromatic carbocycles. The van der Waals surface area contributed by atoms with Crippen molar-refractivity contribution in [2.45, 2.75) is 25.0 Å². The SMILES string of the molecule is NC(=O)CNC1CC1c1ccc(OCc2ccccc2)cc1. The predicted octanol–water partition coefficient (Wildman–Crippen LogP) is 2.20. The monoisotopic (exact) mass is 296 g/mol. The zero-order valence-corrected chi connectivity index (χ0v) is 12.4. The van der Waals surface area contributed by atoms with E-state index in [4.69, 9.17) is 10.5 Å². The first-order valence-corrected chi connectivity index (χ1v) is 7.51. The van der Waals surface area contributed by atoms with E-state index in [1.165, 1.54) is 5.56 Å². The lowest BCUT2D eigenvalue weighted by Gasteiger charge is -2.07. The zero-order valence-electron chi connectivity index (χ0n) is 12.4. The second-order valence-corrected chi connectivity index (χ2v) is 5.64. The van der Waals surface area contributed by atoms with Crippen molar-refractivity contribution in [1.82, 2.24) is 5.32 Å². The predicted molar refractivity (Wildman–Crippen MR) is 85.6 cm³/mol. The molecule has 1 aliphatic carbocycles. The van der Waals surface area contributed by atoms with Gasteiger partial charge in [0.05, 0.1) is 6.54 Å². The van der Waals surface area contributed by atoms with Crippen LogP contribution in [0.2, 0.25) is 0 Å². The van der Waals surface area contributed by atoms with Gasteiger partial charge in [0.1, 0.15) is 12.4 Å². The highest BCUT2D eigenvalue weighted by Crippen LogP contribution is 2.41. The summed E-state index contributed by atoms with van der Waals surface area (Å²) in [6.45, 7) is 0.825. The van der Waals surface area contributed by atoms with E-state index in [0.717, 1.165) is 17.7 Å². The number of amides is 1. The molecule has 2 unspecified atom stereocenters. The number of nitrogens with one attached hydrogen (secondary N) is 1. The molecule has 1 saturated carbocycles. The Morgan fingerprint density at radius 1 is 1.14 bits per heavy atom. The van der Waals surface area contributed by atoms with Crippen LogP contribution in [0.3, 0.4) is 0 Å². The van der Waals surface area contributed by atoms with E-state index in [9.17, 15) is 4.79 Å². The van der Waals surface area contributed by atoms with Gasteiger partial charge in [-0.25, -0.2) is 0 Å². The minimum Gasteiger partial charge on any atom is -0.489 e. The van der Waals surface area contributed by atoms with Crippen LogP contribution < -0.4 is 15.8 Å². The molecule has 1 aliphatic rings. The first-order valence-electron chi connectivity index (χ1n) is 7.51. The van der Waals surface area contributed by atoms with Crippen molar-refractivity contribution in [3.05, 3.63) is 65.7 Å². The summed E-state index contributed by atoms with van der Waals surface area (Å²) in [7, 11) is 0. The number of benzene rings is 2. The van der Waals surface area contributed by atoms with E-state index in [1.807, 2.05) is 42.5 Å². The van der Waals surface area contributed by atoms with Crippen molar-refractivity contribution in [2.24, 2.45) is 5.73 Å². The number of nitrogens with two attached hydrogens (primary N) is 1. The van der Waals surface area contributed by atoms with Gasteiger partial charge in [0, 0.05) is 12.0 Å². The van der Waals surface area contributed by atoms with Crippen molar-refractivity contribution in [3.8, 4) is 5.75 Å². The molecule has 4 heteroatoms. The molecule has 22 heavy (non-hydrogen) atoms. The number of hydrogen-bond donors (Lipinski definition) is 2. The number of primary amides is 1. The molecule has 1 amide bonds. The summed E-state index contributed by atoms with van der Waals surface area (Å²) in [5.74, 6) is 1.03. The quantitative estimate of drug-likeness (QED) is 0.823. The first kappa shape index (κ1) is 14.6. The van der Waals surface area contributed by atoms with Gasteiger partial charge in [-0.2, -0.15) is 0 Å². The summed E-state index contributed by atoms with van der Waals surface area (Å²) in [5, 5.41) is 3.16. The summed E-state index contributed by atoms with van der Waals surface area (Å²) in [5.41, 5.74) is 7.57. The van der Waals surface area contributed by atoms with E-state index < -0.39 is 0 Å². The third kappa shape index (κ3) is 3.86. The lowest BCUT2D eigenvalue weighted by Crippen LogP contribution is -2.30. The molecule has 0 aliphatic heterocycles. The van der Waals surface area contributed by atoms with Gasteiger partial charge in [0.2, 0.25) is 5.91 Å². The van der Waals surface area contributed by atoms with Gasteiger partial charge < -0.3 is 15.8 Å². The van der Waals surface area contributed by atoms with Gasteiger partial charge in [-0.05, 0) is 29.7 Å². The number of ether oxygens (including phenoxy) is 1. The normalized spacial score (nSPS) is 19.6. The van der Waals surface area contributed by atoms with Crippen LogP contribution in [0.15, 0.2) is 54.6 Å². The van der Waals surface area contributed by atoms with E-state index in [2.05, 4.69) is 17.4 Å². The molecule has 0 radical (unpaired) electrons. The molecule has 3 rings (SSSR count). The van der Waals surface area contributed by atoms with Crippen LogP contribution in [0.1, 0.15) is 23.5 Å². The van der Waals surface area contributed by atoms with Crippen molar-refractivity contribution in [3.63, 3.8) is 0 Å². The van der Waals surface area contributed by atoms with Crippen LogP contribution in [0.4, 0.5) is 0 Å². The number of rotatable bonds is 7. The van der Waals surface area contributed by atoms with Crippen molar-refractivity contribution in [1.29, 1.82) is 0 Å². The van der Waals surface area contributed by atoms with E-state index in [1.54, 1.807) is 0 Å². The Bertz CT molecular complexity index is 625. The maximum absolute atomic E-state index is 10.8.